The van der Waals surface area contributed by atoms with Crippen LogP contribution >= 0.6 is 0 Å². The van der Waals surface area contributed by atoms with Gasteiger partial charge in [-0.2, -0.15) is 0 Å². The molecular formula is C21H25NO4. The summed E-state index contributed by atoms with van der Waals surface area (Å²) < 4.78 is 5.21. The molecule has 1 N–H and O–H groups in total. The van der Waals surface area contributed by atoms with E-state index in [1.54, 1.807) is 0 Å². The van der Waals surface area contributed by atoms with E-state index in [4.69, 9.17) is 4.74 Å². The number of hydrogen-bond donors (Lipinski definition) is 1. The number of carbonyl (C=O) groups is 3. The van der Waals surface area contributed by atoms with Crippen molar-refractivity contribution in [1.82, 2.24) is 5.32 Å². The zero-order valence-electron chi connectivity index (χ0n) is 15.2. The van der Waals surface area contributed by atoms with Crippen molar-refractivity contribution in [3.8, 4) is 0 Å². The summed E-state index contributed by atoms with van der Waals surface area (Å²) in [5, 5.41) is 2.10. The van der Waals surface area contributed by atoms with Crippen LogP contribution in [0.3, 0.4) is 0 Å². The van der Waals surface area contributed by atoms with E-state index in [-0.39, 0.29) is 18.6 Å². The molecule has 5 nitrogen and oxygen atoms in total. The number of benzene rings is 1. The van der Waals surface area contributed by atoms with Gasteiger partial charge in [0.15, 0.2) is 0 Å². The molecule has 5 heteroatoms. The highest BCUT2D eigenvalue weighted by molar-refractivity contribution is 6.17. The lowest BCUT2D eigenvalue weighted by Crippen LogP contribution is -2.23. The van der Waals surface area contributed by atoms with Gasteiger partial charge in [-0.05, 0) is 49.3 Å². The van der Waals surface area contributed by atoms with Crippen LogP contribution in [-0.4, -0.2) is 17.8 Å². The summed E-state index contributed by atoms with van der Waals surface area (Å²) in [4.78, 5) is 34.3. The van der Waals surface area contributed by atoms with Gasteiger partial charge in [-0.25, -0.2) is 0 Å². The second kappa shape index (κ2) is 9.70. The number of allylic oxidation sites excluding steroid dienone is 1. The number of amides is 2. The summed E-state index contributed by atoms with van der Waals surface area (Å²) in [5.41, 5.74) is 3.55. The smallest absolute Gasteiger partial charge is 0.310 e. The standard InChI is InChI=1S/C21H25NO4/c1-3-4-5-6-7-8-17-10-9-16(11-15(17)2)14-26-20(24)13-18-12-19(23)22-21(18)25/h3,9-12H,1,4-8,13-14H2,2H3,(H,22,23,25). The van der Waals surface area contributed by atoms with Crippen molar-refractivity contribution in [2.45, 2.75) is 52.1 Å². The maximum Gasteiger partial charge on any atom is 0.310 e. The number of ether oxygens (including phenoxy) is 1. The van der Waals surface area contributed by atoms with E-state index < -0.39 is 17.8 Å². The van der Waals surface area contributed by atoms with Crippen molar-refractivity contribution >= 4 is 17.8 Å². The fourth-order valence-corrected chi connectivity index (χ4v) is 2.86. The molecular weight excluding hydrogens is 330 g/mol. The fraction of sp³-hybridized carbons (Fsp3) is 0.381. The Morgan fingerprint density at radius 3 is 2.69 bits per heavy atom. The molecule has 0 aliphatic carbocycles. The molecule has 0 fully saturated rings. The Morgan fingerprint density at radius 1 is 1.23 bits per heavy atom. The first kappa shape index (κ1) is 19.6. The van der Waals surface area contributed by atoms with Crippen LogP contribution in [0.15, 0.2) is 42.5 Å². The van der Waals surface area contributed by atoms with Crippen LogP contribution < -0.4 is 5.32 Å². The minimum absolute atomic E-state index is 0.142. The Hall–Kier alpha value is -2.69. The van der Waals surface area contributed by atoms with Gasteiger partial charge in [-0.15, -0.1) is 6.58 Å². The number of aryl methyl sites for hydroxylation is 2. The van der Waals surface area contributed by atoms with Gasteiger partial charge in [0.25, 0.3) is 11.8 Å². The average molecular weight is 355 g/mol. The van der Waals surface area contributed by atoms with Crippen molar-refractivity contribution in [3.05, 3.63) is 59.2 Å². The van der Waals surface area contributed by atoms with Crippen LogP contribution in [0.25, 0.3) is 0 Å². The molecule has 0 bridgehead atoms. The molecule has 0 radical (unpaired) electrons. The Kier molecular flexibility index (Phi) is 7.33. The van der Waals surface area contributed by atoms with Gasteiger partial charge < -0.3 is 4.74 Å². The molecule has 1 aliphatic heterocycles. The molecule has 1 aromatic rings. The number of esters is 1. The fourth-order valence-electron chi connectivity index (χ4n) is 2.86. The van der Waals surface area contributed by atoms with Crippen molar-refractivity contribution in [3.63, 3.8) is 0 Å². The monoisotopic (exact) mass is 355 g/mol. The zero-order chi connectivity index (χ0) is 18.9. The molecule has 0 saturated heterocycles. The van der Waals surface area contributed by atoms with Gasteiger partial charge in [0.1, 0.15) is 6.61 Å². The van der Waals surface area contributed by atoms with Crippen molar-refractivity contribution in [2.75, 3.05) is 0 Å². The Balaban J connectivity index is 1.79. The first-order valence-corrected chi connectivity index (χ1v) is 8.90. The summed E-state index contributed by atoms with van der Waals surface area (Å²) in [6.45, 7) is 5.95. The maximum absolute atomic E-state index is 11.8. The first-order valence-electron chi connectivity index (χ1n) is 8.90. The molecule has 1 aromatic carbocycles. The predicted octanol–water partition coefficient (Wildman–Crippen LogP) is 3.30. The molecule has 2 amide bonds. The zero-order valence-corrected chi connectivity index (χ0v) is 15.2. The second-order valence-corrected chi connectivity index (χ2v) is 6.47. The van der Waals surface area contributed by atoms with E-state index in [1.807, 2.05) is 18.2 Å². The van der Waals surface area contributed by atoms with E-state index >= 15 is 0 Å². The Morgan fingerprint density at radius 2 is 2.04 bits per heavy atom. The van der Waals surface area contributed by atoms with Gasteiger partial charge in [0, 0.05) is 11.6 Å². The molecule has 0 spiro atoms. The van der Waals surface area contributed by atoms with Crippen molar-refractivity contribution < 1.29 is 19.1 Å². The third-order valence-corrected chi connectivity index (χ3v) is 4.33. The molecule has 0 aromatic heterocycles. The van der Waals surface area contributed by atoms with E-state index in [9.17, 15) is 14.4 Å². The SMILES string of the molecule is C=CCCCCCc1ccc(COC(=O)CC2=CC(=O)NC2=O)cc1C. The molecule has 0 unspecified atom stereocenters. The Labute approximate surface area is 154 Å². The van der Waals surface area contributed by atoms with Gasteiger partial charge in [-0.3, -0.25) is 19.7 Å². The molecule has 2 rings (SSSR count). The normalized spacial score (nSPS) is 13.3. The third-order valence-electron chi connectivity index (χ3n) is 4.33. The quantitative estimate of drug-likeness (QED) is 0.302. The third kappa shape index (κ3) is 5.99. The number of carbonyl (C=O) groups excluding carboxylic acids is 3. The molecule has 1 aliphatic rings. The summed E-state index contributed by atoms with van der Waals surface area (Å²) in [7, 11) is 0. The van der Waals surface area contributed by atoms with Crippen LogP contribution in [0.5, 0.6) is 0 Å². The Bertz CT molecular complexity index is 734. The van der Waals surface area contributed by atoms with Crippen LogP contribution in [0.2, 0.25) is 0 Å². The van der Waals surface area contributed by atoms with Gasteiger partial charge in [0.05, 0.1) is 6.42 Å². The largest absolute Gasteiger partial charge is 0.461 e. The summed E-state index contributed by atoms with van der Waals surface area (Å²) >= 11 is 0. The van der Waals surface area contributed by atoms with E-state index in [0.29, 0.717) is 0 Å². The summed E-state index contributed by atoms with van der Waals surface area (Å²) in [5.74, 6) is -1.54. The van der Waals surface area contributed by atoms with Crippen LogP contribution in [0, 0.1) is 6.92 Å². The predicted molar refractivity (Wildman–Crippen MR) is 99.2 cm³/mol. The maximum atomic E-state index is 11.8. The lowest BCUT2D eigenvalue weighted by Gasteiger charge is -2.09. The molecule has 0 atom stereocenters. The molecule has 26 heavy (non-hydrogen) atoms. The van der Waals surface area contributed by atoms with Gasteiger partial charge in [-0.1, -0.05) is 30.7 Å². The lowest BCUT2D eigenvalue weighted by atomic mass is 10.00. The molecule has 1 heterocycles. The number of unbranched alkanes of at least 4 members (excludes halogenated alkanes) is 3. The summed E-state index contributed by atoms with van der Waals surface area (Å²) in [6, 6.07) is 6.07. The highest BCUT2D eigenvalue weighted by Gasteiger charge is 2.23. The lowest BCUT2D eigenvalue weighted by molar-refractivity contribution is -0.144. The highest BCUT2D eigenvalue weighted by Crippen LogP contribution is 2.16. The van der Waals surface area contributed by atoms with Crippen LogP contribution in [0.4, 0.5) is 0 Å². The minimum atomic E-state index is -0.528. The number of nitrogens with one attached hydrogen (secondary N) is 1. The average Bonchev–Trinajstić information content (AvgIpc) is 2.91. The number of rotatable bonds is 10. The van der Waals surface area contributed by atoms with Gasteiger partial charge in [0.2, 0.25) is 0 Å². The second-order valence-electron chi connectivity index (χ2n) is 6.47. The summed E-state index contributed by atoms with van der Waals surface area (Å²) in [6.07, 6.45) is 8.52. The molecule has 138 valence electrons. The first-order chi connectivity index (χ1) is 12.5. The van der Waals surface area contributed by atoms with E-state index in [0.717, 1.165) is 30.9 Å². The highest BCUT2D eigenvalue weighted by atomic mass is 16.5. The van der Waals surface area contributed by atoms with E-state index in [2.05, 4.69) is 24.9 Å². The number of imide groups is 1. The minimum Gasteiger partial charge on any atom is -0.461 e. The van der Waals surface area contributed by atoms with E-state index in [1.165, 1.54) is 24.0 Å². The van der Waals surface area contributed by atoms with Crippen molar-refractivity contribution in [2.24, 2.45) is 0 Å². The van der Waals surface area contributed by atoms with Gasteiger partial charge >= 0.3 is 5.97 Å². The van der Waals surface area contributed by atoms with Crippen molar-refractivity contribution in [1.29, 1.82) is 0 Å². The topological polar surface area (TPSA) is 72.5 Å². The van der Waals surface area contributed by atoms with Crippen LogP contribution in [-0.2, 0) is 32.1 Å². The van der Waals surface area contributed by atoms with Crippen LogP contribution in [0.1, 0.15) is 48.8 Å². The number of hydrogen-bond acceptors (Lipinski definition) is 4. The molecule has 0 saturated carbocycles.